The van der Waals surface area contributed by atoms with Gasteiger partial charge in [0.05, 0.1) is 5.75 Å². The van der Waals surface area contributed by atoms with Crippen molar-refractivity contribution >= 4 is 21.6 Å². The van der Waals surface area contributed by atoms with Crippen LogP contribution in [-0.4, -0.2) is 4.21 Å². The molecule has 0 saturated carbocycles. The van der Waals surface area contributed by atoms with E-state index < -0.39 is 10.8 Å². The molecule has 2 rings (SSSR count). The van der Waals surface area contributed by atoms with Crippen LogP contribution in [0.25, 0.3) is 10.8 Å². The van der Waals surface area contributed by atoms with E-state index in [2.05, 4.69) is 24.8 Å². The van der Waals surface area contributed by atoms with E-state index in [1.165, 1.54) is 16.2 Å². The Morgan fingerprint density at radius 2 is 1.87 bits per heavy atom. The van der Waals surface area contributed by atoms with Crippen LogP contribution in [0, 0.1) is 0 Å². The molecule has 1 nitrogen and oxygen atoms in total. The second-order valence-corrected chi connectivity index (χ2v) is 4.71. The number of hydrogen-bond donors (Lipinski definition) is 0. The van der Waals surface area contributed by atoms with Gasteiger partial charge in [-0.1, -0.05) is 49.0 Å². The SMILES string of the molecule is C=CS(=O)Cc1cccc2ccccc12. The molecular formula is C13H12OS. The summed E-state index contributed by atoms with van der Waals surface area (Å²) in [6.07, 6.45) is 0. The average molecular weight is 216 g/mol. The van der Waals surface area contributed by atoms with Gasteiger partial charge in [0.25, 0.3) is 0 Å². The van der Waals surface area contributed by atoms with Crippen molar-refractivity contribution in [2.24, 2.45) is 0 Å². The first kappa shape index (κ1) is 10.1. The highest BCUT2D eigenvalue weighted by atomic mass is 32.2. The Kier molecular flexibility index (Phi) is 2.97. The molecule has 15 heavy (non-hydrogen) atoms. The Hall–Kier alpha value is -1.41. The van der Waals surface area contributed by atoms with Crippen molar-refractivity contribution in [2.75, 3.05) is 0 Å². The molecule has 2 aromatic rings. The molecule has 0 spiro atoms. The fourth-order valence-electron chi connectivity index (χ4n) is 1.63. The number of rotatable bonds is 3. The third-order valence-corrected chi connectivity index (χ3v) is 3.33. The van der Waals surface area contributed by atoms with Gasteiger partial charge in [0.15, 0.2) is 0 Å². The molecule has 2 aromatic carbocycles. The maximum Gasteiger partial charge on any atom is 0.0532 e. The molecule has 0 N–H and O–H groups in total. The predicted octanol–water partition coefficient (Wildman–Crippen LogP) is 3.23. The highest BCUT2D eigenvalue weighted by Gasteiger charge is 2.02. The fraction of sp³-hybridized carbons (Fsp3) is 0.0769. The molecule has 0 fully saturated rings. The third-order valence-electron chi connectivity index (χ3n) is 2.36. The Balaban J connectivity index is 2.51. The van der Waals surface area contributed by atoms with Gasteiger partial charge in [0.2, 0.25) is 0 Å². The normalized spacial score (nSPS) is 12.5. The summed E-state index contributed by atoms with van der Waals surface area (Å²) in [5.41, 5.74) is 1.12. The molecule has 0 aromatic heterocycles. The Morgan fingerprint density at radius 1 is 1.13 bits per heavy atom. The first-order chi connectivity index (χ1) is 7.31. The van der Waals surface area contributed by atoms with Gasteiger partial charge < -0.3 is 0 Å². The van der Waals surface area contributed by atoms with Crippen molar-refractivity contribution in [2.45, 2.75) is 5.75 Å². The van der Waals surface area contributed by atoms with Crippen LogP contribution in [0.4, 0.5) is 0 Å². The summed E-state index contributed by atoms with van der Waals surface area (Å²) in [5, 5.41) is 3.85. The first-order valence-corrected chi connectivity index (χ1v) is 6.16. The third kappa shape index (κ3) is 2.16. The molecular weight excluding hydrogens is 204 g/mol. The standard InChI is InChI=1S/C13H12OS/c1-2-15(14)10-12-8-5-7-11-6-3-4-9-13(11)12/h2-9H,1,10H2. The van der Waals surface area contributed by atoms with Crippen LogP contribution in [-0.2, 0) is 16.6 Å². The molecule has 0 amide bonds. The highest BCUT2D eigenvalue weighted by Crippen LogP contribution is 2.19. The van der Waals surface area contributed by atoms with Gasteiger partial charge in [-0.15, -0.1) is 0 Å². The summed E-state index contributed by atoms with van der Waals surface area (Å²) < 4.78 is 11.4. The lowest BCUT2D eigenvalue weighted by molar-refractivity contribution is 0.688. The number of hydrogen-bond acceptors (Lipinski definition) is 1. The maximum absolute atomic E-state index is 11.4. The van der Waals surface area contributed by atoms with Crippen molar-refractivity contribution in [3.8, 4) is 0 Å². The summed E-state index contributed by atoms with van der Waals surface area (Å²) >= 11 is 0. The molecule has 0 aliphatic rings. The minimum Gasteiger partial charge on any atom is -0.255 e. The maximum atomic E-state index is 11.4. The quantitative estimate of drug-likeness (QED) is 0.769. The lowest BCUT2D eigenvalue weighted by atomic mass is 10.1. The molecule has 0 aliphatic carbocycles. The van der Waals surface area contributed by atoms with E-state index >= 15 is 0 Å². The molecule has 0 bridgehead atoms. The first-order valence-electron chi connectivity index (χ1n) is 4.77. The molecule has 1 atom stereocenters. The van der Waals surface area contributed by atoms with Crippen molar-refractivity contribution in [1.82, 2.24) is 0 Å². The van der Waals surface area contributed by atoms with Crippen LogP contribution in [0.15, 0.2) is 54.5 Å². The van der Waals surface area contributed by atoms with Crippen LogP contribution in [0.3, 0.4) is 0 Å². The smallest absolute Gasteiger partial charge is 0.0532 e. The van der Waals surface area contributed by atoms with Crippen LogP contribution in [0.1, 0.15) is 5.56 Å². The van der Waals surface area contributed by atoms with E-state index in [0.29, 0.717) is 5.75 Å². The molecule has 0 saturated heterocycles. The molecule has 0 aliphatic heterocycles. The van der Waals surface area contributed by atoms with E-state index in [9.17, 15) is 4.21 Å². The van der Waals surface area contributed by atoms with Crippen LogP contribution in [0.5, 0.6) is 0 Å². The van der Waals surface area contributed by atoms with Gasteiger partial charge in [-0.3, -0.25) is 4.21 Å². The molecule has 76 valence electrons. The van der Waals surface area contributed by atoms with Gasteiger partial charge >= 0.3 is 0 Å². The van der Waals surface area contributed by atoms with Crippen molar-refractivity contribution in [1.29, 1.82) is 0 Å². The number of benzene rings is 2. The largest absolute Gasteiger partial charge is 0.255 e. The van der Waals surface area contributed by atoms with Gasteiger partial charge in [-0.2, -0.15) is 0 Å². The summed E-state index contributed by atoms with van der Waals surface area (Å²) in [6.45, 7) is 3.54. The van der Waals surface area contributed by atoms with Gasteiger partial charge in [0, 0.05) is 10.8 Å². The van der Waals surface area contributed by atoms with Gasteiger partial charge in [-0.05, 0) is 21.7 Å². The minimum atomic E-state index is -0.970. The topological polar surface area (TPSA) is 17.1 Å². The molecule has 2 heteroatoms. The summed E-state index contributed by atoms with van der Waals surface area (Å²) in [7, 11) is -0.970. The monoisotopic (exact) mass is 216 g/mol. The Bertz CT molecular complexity index is 511. The molecule has 0 radical (unpaired) electrons. The van der Waals surface area contributed by atoms with Crippen LogP contribution in [0.2, 0.25) is 0 Å². The van der Waals surface area contributed by atoms with Crippen molar-refractivity contribution < 1.29 is 4.21 Å². The Labute approximate surface area is 91.9 Å². The van der Waals surface area contributed by atoms with E-state index in [4.69, 9.17) is 0 Å². The van der Waals surface area contributed by atoms with Gasteiger partial charge in [-0.25, -0.2) is 0 Å². The average Bonchev–Trinajstić information content (AvgIpc) is 2.29. The van der Waals surface area contributed by atoms with E-state index in [-0.39, 0.29) is 0 Å². The zero-order valence-electron chi connectivity index (χ0n) is 8.35. The van der Waals surface area contributed by atoms with Crippen LogP contribution < -0.4 is 0 Å². The lowest BCUT2D eigenvalue weighted by Crippen LogP contribution is -1.92. The fourth-order valence-corrected chi connectivity index (χ4v) is 2.31. The molecule has 1 unspecified atom stereocenters. The summed E-state index contributed by atoms with van der Waals surface area (Å²) in [6, 6.07) is 14.2. The van der Waals surface area contributed by atoms with E-state index in [1.54, 1.807) is 0 Å². The zero-order valence-corrected chi connectivity index (χ0v) is 9.17. The number of fused-ring (bicyclic) bond motifs is 1. The Morgan fingerprint density at radius 3 is 2.67 bits per heavy atom. The minimum absolute atomic E-state index is 0.546. The van der Waals surface area contributed by atoms with E-state index in [0.717, 1.165) is 5.56 Å². The summed E-state index contributed by atoms with van der Waals surface area (Å²) in [5.74, 6) is 0.546. The van der Waals surface area contributed by atoms with Gasteiger partial charge in [0.1, 0.15) is 0 Å². The molecule has 0 heterocycles. The highest BCUT2D eigenvalue weighted by molar-refractivity contribution is 7.87. The summed E-state index contributed by atoms with van der Waals surface area (Å²) in [4.78, 5) is 0. The van der Waals surface area contributed by atoms with Crippen molar-refractivity contribution in [3.05, 3.63) is 60.0 Å². The van der Waals surface area contributed by atoms with Crippen LogP contribution >= 0.6 is 0 Å². The second kappa shape index (κ2) is 4.41. The lowest BCUT2D eigenvalue weighted by Gasteiger charge is -2.04. The van der Waals surface area contributed by atoms with E-state index in [1.807, 2.05) is 24.3 Å². The second-order valence-electron chi connectivity index (χ2n) is 3.33. The van der Waals surface area contributed by atoms with Crippen molar-refractivity contribution in [3.63, 3.8) is 0 Å². The predicted molar refractivity (Wildman–Crippen MR) is 66.0 cm³/mol. The zero-order chi connectivity index (χ0) is 10.7.